The van der Waals surface area contributed by atoms with Gasteiger partial charge in [-0.05, 0) is 31.2 Å². The summed E-state index contributed by atoms with van der Waals surface area (Å²) >= 11 is 0. The zero-order valence-electron chi connectivity index (χ0n) is 17.2. The van der Waals surface area contributed by atoms with Gasteiger partial charge in [0, 0.05) is 31.3 Å². The molecule has 0 aliphatic heterocycles. The van der Waals surface area contributed by atoms with Gasteiger partial charge in [0.05, 0.1) is 5.56 Å². The molecule has 10 nitrogen and oxygen atoms in total. The van der Waals surface area contributed by atoms with Crippen LogP contribution in [0, 0.1) is 11.8 Å². The first-order valence-electron chi connectivity index (χ1n) is 9.19. The smallest absolute Gasteiger partial charge is 0.275 e. The van der Waals surface area contributed by atoms with Gasteiger partial charge in [-0.25, -0.2) is 5.48 Å². The van der Waals surface area contributed by atoms with E-state index in [0.717, 1.165) is 4.90 Å². The number of likely N-dealkylation sites (N-methyl/N-ethyl adjacent to an activating group) is 2. The van der Waals surface area contributed by atoms with Crippen LogP contribution in [0.4, 0.5) is 0 Å². The molecular formula is C21H22N4O6. The Hall–Kier alpha value is -4.10. The minimum atomic E-state index is -1.52. The molecule has 2 aromatic rings. The number of rotatable bonds is 7. The van der Waals surface area contributed by atoms with E-state index in [2.05, 4.69) is 22.3 Å². The Morgan fingerprint density at radius 1 is 1.23 bits per heavy atom. The van der Waals surface area contributed by atoms with Gasteiger partial charge in [-0.15, -0.1) is 0 Å². The Morgan fingerprint density at radius 2 is 1.90 bits per heavy atom. The lowest BCUT2D eigenvalue weighted by atomic mass is 10.1. The summed E-state index contributed by atoms with van der Waals surface area (Å²) in [5, 5.41) is 14.8. The van der Waals surface area contributed by atoms with Gasteiger partial charge in [0.15, 0.2) is 6.04 Å². The molecule has 0 fully saturated rings. The van der Waals surface area contributed by atoms with Crippen LogP contribution in [0.15, 0.2) is 46.2 Å². The Morgan fingerprint density at radius 3 is 2.52 bits per heavy atom. The van der Waals surface area contributed by atoms with Crippen molar-refractivity contribution < 1.29 is 28.8 Å². The molecule has 1 aromatic heterocycles. The number of hydrogen-bond acceptors (Lipinski definition) is 7. The minimum Gasteiger partial charge on any atom is -0.462 e. The van der Waals surface area contributed by atoms with Crippen LogP contribution in [0.2, 0.25) is 0 Å². The van der Waals surface area contributed by atoms with Crippen LogP contribution in [0.3, 0.4) is 0 Å². The van der Waals surface area contributed by atoms with E-state index in [9.17, 15) is 14.4 Å². The molecule has 162 valence electrons. The third-order valence-electron chi connectivity index (χ3n) is 4.05. The molecular weight excluding hydrogens is 404 g/mol. The van der Waals surface area contributed by atoms with Crippen molar-refractivity contribution in [2.45, 2.75) is 13.0 Å². The highest BCUT2D eigenvalue weighted by Gasteiger charge is 2.33. The number of carbonyl (C=O) groups is 3. The highest BCUT2D eigenvalue weighted by Crippen LogP contribution is 2.10. The number of nitrogens with one attached hydrogen (secondary N) is 2. The second kappa shape index (κ2) is 11.2. The monoisotopic (exact) mass is 426 g/mol. The van der Waals surface area contributed by atoms with E-state index >= 15 is 0 Å². The molecule has 0 bridgehead atoms. The average Bonchev–Trinajstić information content (AvgIpc) is 3.25. The van der Waals surface area contributed by atoms with Gasteiger partial charge >= 0.3 is 0 Å². The lowest BCUT2D eigenvalue weighted by Gasteiger charge is -2.25. The van der Waals surface area contributed by atoms with Gasteiger partial charge in [-0.3, -0.25) is 19.6 Å². The molecule has 0 spiro atoms. The second-order valence-electron chi connectivity index (χ2n) is 6.13. The molecule has 0 saturated carbocycles. The number of amides is 3. The summed E-state index contributed by atoms with van der Waals surface area (Å²) in [4.78, 5) is 42.1. The SMILES string of the molecule is CCO/N=C/c1cc(C#Cc2ccc(C(=O)N(C)C(C(=O)NC)C(=O)NO)cc2)co1. The van der Waals surface area contributed by atoms with Gasteiger partial charge in [0.2, 0.25) is 0 Å². The first kappa shape index (κ1) is 23.2. The van der Waals surface area contributed by atoms with Crippen molar-refractivity contribution in [3.63, 3.8) is 0 Å². The van der Waals surface area contributed by atoms with Crippen LogP contribution in [0.1, 0.15) is 34.2 Å². The Balaban J connectivity index is 2.11. The summed E-state index contributed by atoms with van der Waals surface area (Å²) in [6.07, 6.45) is 2.92. The zero-order chi connectivity index (χ0) is 22.8. The standard InChI is InChI=1S/C21H22N4O6/c1-4-31-23-12-17-11-15(13-30-17)6-5-14-7-9-16(10-8-14)21(28)25(3)18(19(26)22-2)20(27)24-29/h7-13,18,29H,4H2,1-3H3,(H,22,26)(H,24,27)/b23-12+. The van der Waals surface area contributed by atoms with E-state index in [1.165, 1.54) is 44.2 Å². The van der Waals surface area contributed by atoms with Crippen molar-refractivity contribution >= 4 is 23.9 Å². The number of hydrogen-bond donors (Lipinski definition) is 3. The first-order chi connectivity index (χ1) is 14.9. The van der Waals surface area contributed by atoms with Crippen molar-refractivity contribution in [2.24, 2.45) is 5.16 Å². The molecule has 0 saturated heterocycles. The van der Waals surface area contributed by atoms with Crippen LogP contribution >= 0.6 is 0 Å². The third kappa shape index (κ3) is 6.19. The number of carbonyl (C=O) groups excluding carboxylic acids is 3. The summed E-state index contributed by atoms with van der Waals surface area (Å²) < 4.78 is 5.29. The maximum absolute atomic E-state index is 12.6. The quantitative estimate of drug-likeness (QED) is 0.197. The third-order valence-corrected chi connectivity index (χ3v) is 4.05. The lowest BCUT2D eigenvalue weighted by Crippen LogP contribution is -2.54. The minimum absolute atomic E-state index is 0.241. The Kier molecular flexibility index (Phi) is 8.36. The van der Waals surface area contributed by atoms with Crippen molar-refractivity contribution in [1.29, 1.82) is 0 Å². The fraction of sp³-hybridized carbons (Fsp3) is 0.238. The van der Waals surface area contributed by atoms with Crippen molar-refractivity contribution in [2.75, 3.05) is 20.7 Å². The van der Waals surface area contributed by atoms with Gasteiger partial charge in [0.1, 0.15) is 24.8 Å². The molecule has 0 aliphatic carbocycles. The summed E-state index contributed by atoms with van der Waals surface area (Å²) in [5.74, 6) is 4.03. The predicted molar refractivity (Wildman–Crippen MR) is 110 cm³/mol. The van der Waals surface area contributed by atoms with E-state index in [1.54, 1.807) is 18.2 Å². The topological polar surface area (TPSA) is 133 Å². The van der Waals surface area contributed by atoms with E-state index in [0.29, 0.717) is 23.5 Å². The molecule has 0 radical (unpaired) electrons. The summed E-state index contributed by atoms with van der Waals surface area (Å²) in [5.41, 5.74) is 2.91. The lowest BCUT2D eigenvalue weighted by molar-refractivity contribution is -0.140. The molecule has 3 N–H and O–H groups in total. The van der Waals surface area contributed by atoms with Crippen molar-refractivity contribution in [1.82, 2.24) is 15.7 Å². The average molecular weight is 426 g/mol. The van der Waals surface area contributed by atoms with Crippen molar-refractivity contribution in [3.05, 3.63) is 59.0 Å². The number of oxime groups is 1. The van der Waals surface area contributed by atoms with E-state index in [-0.39, 0.29) is 5.56 Å². The molecule has 0 aliphatic rings. The van der Waals surface area contributed by atoms with E-state index in [1.807, 2.05) is 6.92 Å². The number of hydroxylamine groups is 1. The van der Waals surface area contributed by atoms with Crippen molar-refractivity contribution in [3.8, 4) is 11.8 Å². The molecule has 10 heteroatoms. The second-order valence-corrected chi connectivity index (χ2v) is 6.13. The largest absolute Gasteiger partial charge is 0.462 e. The van der Waals surface area contributed by atoms with Crippen LogP contribution in [-0.2, 0) is 14.4 Å². The molecule has 3 amide bonds. The zero-order valence-corrected chi connectivity index (χ0v) is 17.2. The number of nitrogens with zero attached hydrogens (tertiary/aromatic N) is 2. The number of furan rings is 1. The van der Waals surface area contributed by atoms with E-state index in [4.69, 9.17) is 14.5 Å². The summed E-state index contributed by atoms with van der Waals surface area (Å²) in [6.45, 7) is 2.28. The molecule has 1 atom stereocenters. The fourth-order valence-electron chi connectivity index (χ4n) is 2.48. The van der Waals surface area contributed by atoms with Crippen LogP contribution < -0.4 is 10.8 Å². The predicted octanol–water partition coefficient (Wildman–Crippen LogP) is 0.742. The first-order valence-corrected chi connectivity index (χ1v) is 9.19. The van der Waals surface area contributed by atoms with Crippen LogP contribution in [0.25, 0.3) is 0 Å². The Labute approximate surface area is 178 Å². The molecule has 2 rings (SSSR count). The Bertz CT molecular complexity index is 1000. The van der Waals surface area contributed by atoms with Gasteiger partial charge in [0.25, 0.3) is 17.7 Å². The fourth-order valence-corrected chi connectivity index (χ4v) is 2.48. The summed E-state index contributed by atoms with van der Waals surface area (Å²) in [6, 6.07) is 6.49. The van der Waals surface area contributed by atoms with Gasteiger partial charge in [-0.2, -0.15) is 0 Å². The molecule has 1 unspecified atom stereocenters. The molecule has 1 heterocycles. The molecule has 1 aromatic carbocycles. The van der Waals surface area contributed by atoms with Gasteiger partial charge in [-0.1, -0.05) is 17.0 Å². The van der Waals surface area contributed by atoms with Gasteiger partial charge < -0.3 is 19.5 Å². The maximum Gasteiger partial charge on any atom is 0.275 e. The highest BCUT2D eigenvalue weighted by atomic mass is 16.6. The van der Waals surface area contributed by atoms with Crippen LogP contribution in [0.5, 0.6) is 0 Å². The molecule has 31 heavy (non-hydrogen) atoms. The van der Waals surface area contributed by atoms with E-state index < -0.39 is 23.8 Å². The normalized spacial score (nSPS) is 11.2. The summed E-state index contributed by atoms with van der Waals surface area (Å²) in [7, 11) is 2.61. The van der Waals surface area contributed by atoms with Crippen LogP contribution in [-0.4, -0.2) is 60.8 Å². The highest BCUT2D eigenvalue weighted by molar-refractivity contribution is 6.08. The number of benzene rings is 1. The maximum atomic E-state index is 12.6.